The number of ether oxygens (including phenoxy) is 1. The number of amides is 1. The largest absolute Gasteiger partial charge is 0.573 e. The molecule has 0 atom stereocenters. The van der Waals surface area contributed by atoms with Crippen LogP contribution in [0.3, 0.4) is 0 Å². The topological polar surface area (TPSA) is 168 Å². The summed E-state index contributed by atoms with van der Waals surface area (Å²) >= 11 is 1.44. The Morgan fingerprint density at radius 3 is 2.28 bits per heavy atom. The lowest BCUT2D eigenvalue weighted by Gasteiger charge is -2.16. The molecule has 4 rings (SSSR count). The summed E-state index contributed by atoms with van der Waals surface area (Å²) in [5.41, 5.74) is 0.967. The second-order valence-electron chi connectivity index (χ2n) is 8.54. The average Bonchev–Trinajstić information content (AvgIpc) is 3.40. The molecule has 43 heavy (non-hydrogen) atoms. The first kappa shape index (κ1) is 32.8. The molecular formula is C25H19F6N3O8S. The maximum atomic E-state index is 13.1. The average molecular weight is 635 g/mol. The molecule has 3 heterocycles. The highest BCUT2D eigenvalue weighted by Crippen LogP contribution is 2.36. The predicted octanol–water partition coefficient (Wildman–Crippen LogP) is 3.76. The fourth-order valence-corrected chi connectivity index (χ4v) is 4.85. The maximum Gasteiger partial charge on any atom is 0.573 e. The van der Waals surface area contributed by atoms with Crippen LogP contribution in [0, 0.1) is 0 Å². The molecule has 0 radical (unpaired) electrons. The number of aromatic hydroxyl groups is 1. The van der Waals surface area contributed by atoms with Gasteiger partial charge in [0.25, 0.3) is 11.5 Å². The molecule has 1 aliphatic rings. The van der Waals surface area contributed by atoms with Gasteiger partial charge in [0.2, 0.25) is 0 Å². The number of hydrogen-bond donors (Lipinski definition) is 4. The Hall–Kier alpha value is -4.74. The zero-order valence-corrected chi connectivity index (χ0v) is 22.1. The SMILES string of the molecule is O=C(O)C(F)(F)F.O=C(O)CNC(=O)c1c(O)c2c(n(Cc3ccc(-c4cccc(OC(F)(F)F)c4)nc3)c1=O)CSC2. The molecule has 2 aromatic heterocycles. The van der Waals surface area contributed by atoms with Crippen molar-refractivity contribution < 1.29 is 60.8 Å². The molecule has 4 N–H and O–H groups in total. The molecule has 0 aliphatic carbocycles. The van der Waals surface area contributed by atoms with Gasteiger partial charge >= 0.3 is 24.5 Å². The number of rotatable bonds is 7. The van der Waals surface area contributed by atoms with Crippen LogP contribution in [0.5, 0.6) is 11.5 Å². The number of alkyl halides is 6. The Bertz CT molecular complexity index is 1590. The molecule has 11 nitrogen and oxygen atoms in total. The highest BCUT2D eigenvalue weighted by Gasteiger charge is 2.38. The number of aliphatic carboxylic acids is 2. The van der Waals surface area contributed by atoms with Crippen molar-refractivity contribution in [2.45, 2.75) is 30.6 Å². The molecule has 1 aromatic carbocycles. The Morgan fingerprint density at radius 1 is 1.05 bits per heavy atom. The van der Waals surface area contributed by atoms with E-state index in [0.717, 1.165) is 0 Å². The lowest BCUT2D eigenvalue weighted by atomic mass is 10.1. The molecule has 3 aromatic rings. The van der Waals surface area contributed by atoms with Gasteiger partial charge in [-0.05, 0) is 23.8 Å². The predicted molar refractivity (Wildman–Crippen MR) is 136 cm³/mol. The van der Waals surface area contributed by atoms with Crippen LogP contribution in [0.1, 0.15) is 27.2 Å². The number of carbonyl (C=O) groups excluding carboxylic acids is 1. The number of fused-ring (bicyclic) bond motifs is 1. The first-order chi connectivity index (χ1) is 20.0. The molecule has 0 bridgehead atoms. The van der Waals surface area contributed by atoms with Crippen molar-refractivity contribution in [3.63, 3.8) is 0 Å². The molecule has 0 spiro atoms. The summed E-state index contributed by atoms with van der Waals surface area (Å²) < 4.78 is 74.5. The quantitative estimate of drug-likeness (QED) is 0.281. The smallest absolute Gasteiger partial charge is 0.507 e. The Labute approximate surface area is 240 Å². The van der Waals surface area contributed by atoms with Crippen molar-refractivity contribution in [1.82, 2.24) is 14.9 Å². The molecule has 0 saturated heterocycles. The van der Waals surface area contributed by atoms with E-state index in [4.69, 9.17) is 15.0 Å². The molecule has 230 valence electrons. The number of halogens is 6. The summed E-state index contributed by atoms with van der Waals surface area (Å²) in [6, 6.07) is 8.56. The molecule has 1 aliphatic heterocycles. The molecule has 0 fully saturated rings. The van der Waals surface area contributed by atoms with Crippen LogP contribution in [-0.2, 0) is 27.6 Å². The van der Waals surface area contributed by atoms with Crippen molar-refractivity contribution >= 4 is 29.6 Å². The number of carboxylic acid groups (broad SMARTS) is 2. The molecule has 0 unspecified atom stereocenters. The third-order valence-corrected chi connectivity index (χ3v) is 6.51. The van der Waals surface area contributed by atoms with Crippen molar-refractivity contribution in [2.24, 2.45) is 0 Å². The zero-order valence-electron chi connectivity index (χ0n) is 21.3. The van der Waals surface area contributed by atoms with E-state index in [2.05, 4.69) is 15.0 Å². The van der Waals surface area contributed by atoms with E-state index in [1.54, 1.807) is 18.2 Å². The molecule has 0 saturated carbocycles. The van der Waals surface area contributed by atoms with E-state index in [-0.39, 0.29) is 12.3 Å². The number of nitrogens with zero attached hydrogens (tertiary/aromatic N) is 2. The summed E-state index contributed by atoms with van der Waals surface area (Å²) in [6.45, 7) is -0.712. The van der Waals surface area contributed by atoms with E-state index in [1.165, 1.54) is 40.7 Å². The minimum atomic E-state index is -5.08. The second kappa shape index (κ2) is 13.1. The Balaban J connectivity index is 0.000000646. The number of thioether (sulfide) groups is 1. The fourth-order valence-electron chi connectivity index (χ4n) is 3.72. The van der Waals surface area contributed by atoms with Crippen LogP contribution in [-0.4, -0.2) is 61.8 Å². The van der Waals surface area contributed by atoms with Gasteiger partial charge in [-0.25, -0.2) is 4.79 Å². The van der Waals surface area contributed by atoms with E-state index in [9.17, 15) is 45.8 Å². The maximum absolute atomic E-state index is 13.1. The van der Waals surface area contributed by atoms with Gasteiger partial charge in [0.05, 0.1) is 12.2 Å². The van der Waals surface area contributed by atoms with Crippen LogP contribution in [0.4, 0.5) is 26.3 Å². The van der Waals surface area contributed by atoms with Gasteiger partial charge in [0.15, 0.2) is 0 Å². The van der Waals surface area contributed by atoms with Crippen molar-refractivity contribution in [1.29, 1.82) is 0 Å². The normalized spacial score (nSPS) is 12.5. The summed E-state index contributed by atoms with van der Waals surface area (Å²) in [5.74, 6) is -5.12. The summed E-state index contributed by atoms with van der Waals surface area (Å²) in [4.78, 5) is 49.6. The lowest BCUT2D eigenvalue weighted by molar-refractivity contribution is -0.274. The van der Waals surface area contributed by atoms with Crippen LogP contribution in [0.25, 0.3) is 11.3 Å². The number of carbonyl (C=O) groups is 3. The molecular weight excluding hydrogens is 616 g/mol. The van der Waals surface area contributed by atoms with E-state index in [1.807, 2.05) is 0 Å². The van der Waals surface area contributed by atoms with Gasteiger partial charge in [-0.1, -0.05) is 18.2 Å². The minimum Gasteiger partial charge on any atom is -0.507 e. The van der Waals surface area contributed by atoms with E-state index >= 15 is 0 Å². The van der Waals surface area contributed by atoms with Crippen LogP contribution in [0.15, 0.2) is 47.4 Å². The minimum absolute atomic E-state index is 0.00568. The van der Waals surface area contributed by atoms with Gasteiger partial charge in [-0.3, -0.25) is 19.4 Å². The first-order valence-electron chi connectivity index (χ1n) is 11.6. The van der Waals surface area contributed by atoms with Gasteiger partial charge in [0.1, 0.15) is 23.6 Å². The number of carboxylic acids is 2. The number of benzene rings is 1. The van der Waals surface area contributed by atoms with Crippen molar-refractivity contribution in [3.8, 4) is 22.8 Å². The Morgan fingerprint density at radius 2 is 1.72 bits per heavy atom. The fraction of sp³-hybridized carbons (Fsp3) is 0.240. The highest BCUT2D eigenvalue weighted by atomic mass is 32.2. The second-order valence-corrected chi connectivity index (χ2v) is 9.53. The number of hydrogen-bond acceptors (Lipinski definition) is 8. The molecule has 18 heteroatoms. The monoisotopic (exact) mass is 635 g/mol. The van der Waals surface area contributed by atoms with Gasteiger partial charge in [0, 0.05) is 34.5 Å². The third kappa shape index (κ3) is 8.63. The summed E-state index contributed by atoms with van der Waals surface area (Å²) in [7, 11) is 0. The van der Waals surface area contributed by atoms with Gasteiger partial charge < -0.3 is 29.9 Å². The van der Waals surface area contributed by atoms with Crippen LogP contribution in [0.2, 0.25) is 0 Å². The van der Waals surface area contributed by atoms with E-state index in [0.29, 0.717) is 39.6 Å². The number of aromatic nitrogens is 2. The van der Waals surface area contributed by atoms with Crippen LogP contribution >= 0.6 is 11.8 Å². The van der Waals surface area contributed by atoms with Crippen molar-refractivity contribution in [2.75, 3.05) is 6.54 Å². The molecule has 1 amide bonds. The van der Waals surface area contributed by atoms with Gasteiger partial charge in [-0.15, -0.1) is 13.2 Å². The first-order valence-corrected chi connectivity index (χ1v) is 12.8. The van der Waals surface area contributed by atoms with Crippen LogP contribution < -0.4 is 15.6 Å². The third-order valence-electron chi connectivity index (χ3n) is 5.54. The summed E-state index contributed by atoms with van der Waals surface area (Å²) in [5, 5.41) is 28.6. The van der Waals surface area contributed by atoms with E-state index < -0.39 is 53.8 Å². The number of nitrogens with one attached hydrogen (secondary N) is 1. The number of pyridine rings is 2. The Kier molecular flexibility index (Phi) is 9.95. The highest BCUT2D eigenvalue weighted by molar-refractivity contribution is 7.98. The lowest BCUT2D eigenvalue weighted by Crippen LogP contribution is -2.37. The summed E-state index contributed by atoms with van der Waals surface area (Å²) in [6.07, 6.45) is -8.46. The standard InChI is InChI=1S/C23H18F3N3O6S.C2HF3O2/c24-23(25,26)35-14-3-1-2-13(6-14)16-5-4-12(7-27-16)9-29-17-11-36-10-15(17)20(32)19(22(29)34)21(33)28-8-18(30)31;3-2(4,5)1(6)7/h1-7,32H,8-11H2,(H,28,33)(H,30,31);(H,6,7). The zero-order chi connectivity index (χ0) is 32.1. The van der Waals surface area contributed by atoms with Crippen molar-refractivity contribution in [3.05, 3.63) is 75.3 Å². The van der Waals surface area contributed by atoms with Gasteiger partial charge in [-0.2, -0.15) is 24.9 Å².